The monoisotopic (exact) mass is 508 g/mol. The molecule has 0 aliphatic carbocycles. The molecular formula is C20H37IN4O3. The molecule has 1 atom stereocenters. The molecule has 1 rings (SSSR count). The number of hydrogen-bond acceptors (Lipinski definition) is 5. The molecule has 0 aliphatic rings. The molecule has 0 fully saturated rings. The summed E-state index contributed by atoms with van der Waals surface area (Å²) in [5, 5.41) is 6.66. The largest absolute Gasteiger partial charge is 0.493 e. The van der Waals surface area contributed by atoms with Crippen LogP contribution in [0.4, 0.5) is 0 Å². The first-order chi connectivity index (χ1) is 13.1. The number of nitrogens with zero attached hydrogens (tertiary/aromatic N) is 2. The van der Waals surface area contributed by atoms with E-state index >= 15 is 0 Å². The summed E-state index contributed by atoms with van der Waals surface area (Å²) in [7, 11) is 7.41. The maximum atomic E-state index is 5.44. The number of likely N-dealkylation sites (N-methyl/N-ethyl adjacent to an activating group) is 1. The minimum Gasteiger partial charge on any atom is -0.493 e. The predicted molar refractivity (Wildman–Crippen MR) is 126 cm³/mol. The van der Waals surface area contributed by atoms with Crippen LogP contribution in [0.5, 0.6) is 11.5 Å². The second kappa shape index (κ2) is 15.6. The molecule has 8 heteroatoms. The average Bonchev–Trinajstić information content (AvgIpc) is 2.67. The normalized spacial score (nSPS) is 12.3. The van der Waals surface area contributed by atoms with Gasteiger partial charge in [-0.25, -0.2) is 0 Å². The quantitative estimate of drug-likeness (QED) is 0.196. The Morgan fingerprint density at radius 3 is 2.39 bits per heavy atom. The Labute approximate surface area is 187 Å². The summed E-state index contributed by atoms with van der Waals surface area (Å²) in [6.07, 6.45) is 0.949. The van der Waals surface area contributed by atoms with Crippen molar-refractivity contribution in [2.75, 3.05) is 61.2 Å². The van der Waals surface area contributed by atoms with E-state index < -0.39 is 0 Å². The number of halogens is 1. The maximum absolute atomic E-state index is 5.44. The maximum Gasteiger partial charge on any atom is 0.191 e. The minimum atomic E-state index is 0. The number of benzene rings is 1. The van der Waals surface area contributed by atoms with Gasteiger partial charge in [-0.3, -0.25) is 4.99 Å². The van der Waals surface area contributed by atoms with Gasteiger partial charge in [-0.05, 0) is 52.1 Å². The standard InChI is InChI=1S/C20H36N4O3.HI/c1-7-21-20(22-12-9-13-27-8-2)23-15-17(24(3)4)16-10-11-18(25-5)19(14-16)26-6;/h10-11,14,17H,7-9,12-13,15H2,1-6H3,(H2,21,22,23);1H. The fraction of sp³-hybridized carbons (Fsp3) is 0.650. The van der Waals surface area contributed by atoms with Crippen LogP contribution in [0.2, 0.25) is 0 Å². The first kappa shape index (κ1) is 26.7. The number of guanidine groups is 1. The van der Waals surface area contributed by atoms with Gasteiger partial charge < -0.3 is 29.7 Å². The van der Waals surface area contributed by atoms with Gasteiger partial charge in [0.1, 0.15) is 0 Å². The summed E-state index contributed by atoms with van der Waals surface area (Å²) in [5.41, 5.74) is 1.13. The summed E-state index contributed by atoms with van der Waals surface area (Å²) in [6.45, 7) is 7.86. The molecule has 162 valence electrons. The van der Waals surface area contributed by atoms with Gasteiger partial charge >= 0.3 is 0 Å². The topological polar surface area (TPSA) is 67.4 Å². The van der Waals surface area contributed by atoms with Crippen LogP contribution in [0.15, 0.2) is 23.2 Å². The Hall–Kier alpha value is -1.26. The van der Waals surface area contributed by atoms with Gasteiger partial charge in [0, 0.05) is 26.3 Å². The summed E-state index contributed by atoms with van der Waals surface area (Å²) in [6, 6.07) is 6.14. The molecule has 0 aliphatic heterocycles. The van der Waals surface area contributed by atoms with Crippen molar-refractivity contribution in [3.63, 3.8) is 0 Å². The third kappa shape index (κ3) is 9.29. The van der Waals surface area contributed by atoms with E-state index in [1.807, 2.05) is 19.1 Å². The molecule has 0 saturated heterocycles. The third-order valence-electron chi connectivity index (χ3n) is 4.14. The zero-order valence-corrected chi connectivity index (χ0v) is 20.4. The molecule has 0 bridgehead atoms. The Kier molecular flexibility index (Phi) is 14.9. The fourth-order valence-electron chi connectivity index (χ4n) is 2.67. The molecule has 28 heavy (non-hydrogen) atoms. The Balaban J connectivity index is 0.00000729. The van der Waals surface area contributed by atoms with E-state index in [4.69, 9.17) is 19.2 Å². The summed E-state index contributed by atoms with van der Waals surface area (Å²) in [4.78, 5) is 6.92. The van der Waals surface area contributed by atoms with Gasteiger partial charge in [0.15, 0.2) is 17.5 Å². The Morgan fingerprint density at radius 2 is 1.82 bits per heavy atom. The van der Waals surface area contributed by atoms with Crippen LogP contribution in [0.3, 0.4) is 0 Å². The second-order valence-electron chi connectivity index (χ2n) is 6.29. The molecule has 0 amide bonds. The number of methoxy groups -OCH3 is 2. The van der Waals surface area contributed by atoms with Crippen molar-refractivity contribution in [1.82, 2.24) is 15.5 Å². The fourth-order valence-corrected chi connectivity index (χ4v) is 2.67. The number of aliphatic imine (C=N–C) groups is 1. The van der Waals surface area contributed by atoms with Gasteiger partial charge in [-0.15, -0.1) is 24.0 Å². The summed E-state index contributed by atoms with van der Waals surface area (Å²) >= 11 is 0. The number of rotatable bonds is 12. The Bertz CT molecular complexity index is 570. The van der Waals surface area contributed by atoms with Crippen LogP contribution in [0.25, 0.3) is 0 Å². The van der Waals surface area contributed by atoms with E-state index in [9.17, 15) is 0 Å². The smallest absolute Gasteiger partial charge is 0.191 e. The first-order valence-corrected chi connectivity index (χ1v) is 9.55. The van der Waals surface area contributed by atoms with Crippen molar-refractivity contribution in [2.45, 2.75) is 26.3 Å². The van der Waals surface area contributed by atoms with Gasteiger partial charge in [0.05, 0.1) is 26.8 Å². The van der Waals surface area contributed by atoms with Crippen LogP contribution >= 0.6 is 24.0 Å². The molecular weight excluding hydrogens is 471 g/mol. The van der Waals surface area contributed by atoms with Crippen molar-refractivity contribution < 1.29 is 14.2 Å². The SMILES string of the molecule is CCNC(=NCC(c1ccc(OC)c(OC)c1)N(C)C)NCCCOCC.I. The molecule has 0 spiro atoms. The van der Waals surface area contributed by atoms with E-state index in [2.05, 4.69) is 42.6 Å². The molecule has 0 aromatic heterocycles. The van der Waals surface area contributed by atoms with Crippen molar-refractivity contribution in [1.29, 1.82) is 0 Å². The molecule has 1 aromatic carbocycles. The average molecular weight is 508 g/mol. The molecule has 1 unspecified atom stereocenters. The molecule has 7 nitrogen and oxygen atoms in total. The van der Waals surface area contributed by atoms with Crippen molar-refractivity contribution >= 4 is 29.9 Å². The van der Waals surface area contributed by atoms with Crippen molar-refractivity contribution in [3.05, 3.63) is 23.8 Å². The number of ether oxygens (including phenoxy) is 3. The minimum absolute atomic E-state index is 0. The number of nitrogens with one attached hydrogen (secondary N) is 2. The molecule has 1 aromatic rings. The highest BCUT2D eigenvalue weighted by Crippen LogP contribution is 2.31. The van der Waals surface area contributed by atoms with Gasteiger partial charge in [-0.1, -0.05) is 6.07 Å². The lowest BCUT2D eigenvalue weighted by Crippen LogP contribution is -2.38. The highest BCUT2D eigenvalue weighted by atomic mass is 127. The lowest BCUT2D eigenvalue weighted by Gasteiger charge is -2.24. The van der Waals surface area contributed by atoms with Crippen LogP contribution in [-0.4, -0.2) is 72.0 Å². The van der Waals surface area contributed by atoms with Crippen LogP contribution < -0.4 is 20.1 Å². The van der Waals surface area contributed by atoms with Crippen molar-refractivity contribution in [3.8, 4) is 11.5 Å². The number of hydrogen-bond donors (Lipinski definition) is 2. The highest BCUT2D eigenvalue weighted by Gasteiger charge is 2.16. The second-order valence-corrected chi connectivity index (χ2v) is 6.29. The molecule has 0 heterocycles. The summed E-state index contributed by atoms with van der Waals surface area (Å²) in [5.74, 6) is 2.28. The van der Waals surface area contributed by atoms with Crippen LogP contribution in [0.1, 0.15) is 31.9 Å². The van der Waals surface area contributed by atoms with Gasteiger partial charge in [-0.2, -0.15) is 0 Å². The third-order valence-corrected chi connectivity index (χ3v) is 4.14. The summed E-state index contributed by atoms with van der Waals surface area (Å²) < 4.78 is 16.2. The van der Waals surface area contributed by atoms with Crippen LogP contribution in [0, 0.1) is 0 Å². The van der Waals surface area contributed by atoms with Crippen LogP contribution in [-0.2, 0) is 4.74 Å². The lowest BCUT2D eigenvalue weighted by molar-refractivity contribution is 0.145. The Morgan fingerprint density at radius 1 is 1.11 bits per heavy atom. The van der Waals surface area contributed by atoms with E-state index in [0.717, 1.165) is 55.7 Å². The van der Waals surface area contributed by atoms with Gasteiger partial charge in [0.2, 0.25) is 0 Å². The molecule has 0 radical (unpaired) electrons. The zero-order chi connectivity index (χ0) is 20.1. The lowest BCUT2D eigenvalue weighted by atomic mass is 10.1. The molecule has 0 saturated carbocycles. The van der Waals surface area contributed by atoms with E-state index in [1.165, 1.54) is 0 Å². The predicted octanol–water partition coefficient (Wildman–Crippen LogP) is 2.91. The van der Waals surface area contributed by atoms with E-state index in [0.29, 0.717) is 6.54 Å². The van der Waals surface area contributed by atoms with E-state index in [-0.39, 0.29) is 30.0 Å². The van der Waals surface area contributed by atoms with Crippen molar-refractivity contribution in [2.24, 2.45) is 4.99 Å². The van der Waals surface area contributed by atoms with Gasteiger partial charge in [0.25, 0.3) is 0 Å². The molecule has 2 N–H and O–H groups in total. The first-order valence-electron chi connectivity index (χ1n) is 9.55. The van der Waals surface area contributed by atoms with E-state index in [1.54, 1.807) is 14.2 Å². The zero-order valence-electron chi connectivity index (χ0n) is 18.1. The highest BCUT2D eigenvalue weighted by molar-refractivity contribution is 14.0.